The highest BCUT2D eigenvalue weighted by molar-refractivity contribution is 7.21. The highest BCUT2D eigenvalue weighted by Crippen LogP contribution is 2.36. The third-order valence-electron chi connectivity index (χ3n) is 8.09. The van der Waals surface area contributed by atoms with Gasteiger partial charge in [0.1, 0.15) is 16.6 Å². The van der Waals surface area contributed by atoms with Gasteiger partial charge in [0.05, 0.1) is 10.2 Å². The number of pyridine rings is 1. The number of fused-ring (bicyclic) bond motifs is 4. The van der Waals surface area contributed by atoms with Gasteiger partial charge in [0.25, 0.3) is 0 Å². The maximum atomic E-state index is 11.9. The molecule has 0 unspecified atom stereocenters. The van der Waals surface area contributed by atoms with Crippen LogP contribution in [-0.2, 0) is 17.8 Å². The number of nitrogens with zero attached hydrogens (tertiary/aromatic N) is 7. The van der Waals surface area contributed by atoms with Crippen LogP contribution in [0.15, 0.2) is 36.5 Å². The quantitative estimate of drug-likeness (QED) is 0.427. The summed E-state index contributed by atoms with van der Waals surface area (Å²) in [6, 6.07) is 11.3. The summed E-state index contributed by atoms with van der Waals surface area (Å²) in [6.07, 6.45) is 3.91. The Hall–Kier alpha value is -3.63. The third kappa shape index (κ3) is 4.08. The maximum absolute atomic E-state index is 11.9. The number of carbonyl (C=O) groups excluding carboxylic acids is 1. The van der Waals surface area contributed by atoms with Gasteiger partial charge in [0, 0.05) is 74.8 Å². The normalized spacial score (nSPS) is 20.8. The van der Waals surface area contributed by atoms with E-state index >= 15 is 0 Å². The minimum Gasteiger partial charge on any atom is -0.338 e. The Morgan fingerprint density at radius 3 is 2.79 bits per heavy atom. The van der Waals surface area contributed by atoms with Crippen molar-refractivity contribution >= 4 is 45.0 Å². The average Bonchev–Trinajstić information content (AvgIpc) is 3.61. The number of aromatic nitrogens is 4. The fraction of sp³-hybridized carbons (Fsp3) is 0.393. The molecule has 2 fully saturated rings. The van der Waals surface area contributed by atoms with Crippen LogP contribution in [0.2, 0.25) is 0 Å². The lowest BCUT2D eigenvalue weighted by atomic mass is 9.94. The van der Waals surface area contributed by atoms with Gasteiger partial charge in [-0.2, -0.15) is 4.98 Å². The van der Waals surface area contributed by atoms with E-state index in [0.29, 0.717) is 24.4 Å². The number of amides is 1. The molecule has 0 radical (unpaired) electrons. The molecule has 0 saturated carbocycles. The Kier molecular flexibility index (Phi) is 5.55. The number of carbonyl (C=O) groups is 1. The highest BCUT2D eigenvalue weighted by atomic mass is 32.1. The molecule has 1 aromatic carbocycles. The fourth-order valence-electron chi connectivity index (χ4n) is 6.08. The number of piperazine rings is 1. The maximum Gasteiger partial charge on any atom is 0.227 e. The zero-order valence-corrected chi connectivity index (χ0v) is 22.6. The van der Waals surface area contributed by atoms with Gasteiger partial charge in [-0.3, -0.25) is 9.69 Å². The van der Waals surface area contributed by atoms with Crippen LogP contribution in [0.1, 0.15) is 30.2 Å². The van der Waals surface area contributed by atoms with Gasteiger partial charge in [0.2, 0.25) is 11.9 Å². The molecule has 10 heteroatoms. The molecular formula is C28H30N8OS. The smallest absolute Gasteiger partial charge is 0.227 e. The average molecular weight is 527 g/mol. The second-order valence-corrected chi connectivity index (χ2v) is 11.7. The largest absolute Gasteiger partial charge is 0.338 e. The molecule has 3 aliphatic heterocycles. The number of likely N-dealkylation sites (N-methyl/N-ethyl adjacent to an activating group) is 1. The summed E-state index contributed by atoms with van der Waals surface area (Å²) in [5.41, 5.74) is 5.50. The van der Waals surface area contributed by atoms with Crippen LogP contribution < -0.4 is 10.2 Å². The number of hydrogen-bond acceptors (Lipinski definition) is 9. The SMILES string of the molecule is CC(=O)N1CCc2c(cccc2-c2nc3cc(Nc4cc(C)nc(N5C[C@@H]6C[C@H]5CN6C)n4)ncc3s2)C1. The van der Waals surface area contributed by atoms with Crippen molar-refractivity contribution in [2.45, 2.75) is 45.3 Å². The Bertz CT molecular complexity index is 1570. The lowest BCUT2D eigenvalue weighted by molar-refractivity contribution is -0.129. The van der Waals surface area contributed by atoms with Crippen molar-refractivity contribution in [3.63, 3.8) is 0 Å². The minimum atomic E-state index is 0.124. The lowest BCUT2D eigenvalue weighted by Gasteiger charge is -2.32. The molecule has 2 bridgehead atoms. The van der Waals surface area contributed by atoms with Gasteiger partial charge in [-0.1, -0.05) is 18.2 Å². The zero-order chi connectivity index (χ0) is 26.0. The van der Waals surface area contributed by atoms with Crippen molar-refractivity contribution in [2.75, 3.05) is 36.9 Å². The van der Waals surface area contributed by atoms with E-state index in [9.17, 15) is 4.79 Å². The molecule has 1 N–H and O–H groups in total. The van der Waals surface area contributed by atoms with E-state index in [1.165, 1.54) is 17.5 Å². The Morgan fingerprint density at radius 2 is 2.00 bits per heavy atom. The predicted molar refractivity (Wildman–Crippen MR) is 150 cm³/mol. The van der Waals surface area contributed by atoms with Crippen molar-refractivity contribution in [1.82, 2.24) is 29.7 Å². The second kappa shape index (κ2) is 8.99. The minimum absolute atomic E-state index is 0.124. The van der Waals surface area contributed by atoms with E-state index in [0.717, 1.165) is 64.3 Å². The number of benzene rings is 1. The van der Waals surface area contributed by atoms with Gasteiger partial charge in [0.15, 0.2) is 0 Å². The predicted octanol–water partition coefficient (Wildman–Crippen LogP) is 4.00. The summed E-state index contributed by atoms with van der Waals surface area (Å²) < 4.78 is 1.04. The number of thiazole rings is 1. The molecule has 2 saturated heterocycles. The van der Waals surface area contributed by atoms with E-state index in [1.807, 2.05) is 30.2 Å². The topological polar surface area (TPSA) is 90.4 Å². The zero-order valence-electron chi connectivity index (χ0n) is 21.8. The van der Waals surface area contributed by atoms with Crippen molar-refractivity contribution < 1.29 is 4.79 Å². The van der Waals surface area contributed by atoms with E-state index in [4.69, 9.17) is 15.0 Å². The molecule has 0 aliphatic carbocycles. The molecular weight excluding hydrogens is 496 g/mol. The van der Waals surface area contributed by atoms with Crippen molar-refractivity contribution in [3.8, 4) is 10.6 Å². The summed E-state index contributed by atoms with van der Waals surface area (Å²) in [7, 11) is 2.20. The molecule has 0 spiro atoms. The van der Waals surface area contributed by atoms with Crippen molar-refractivity contribution in [1.29, 1.82) is 0 Å². The first-order valence-electron chi connectivity index (χ1n) is 13.1. The molecule has 1 amide bonds. The van der Waals surface area contributed by atoms with E-state index < -0.39 is 0 Å². The van der Waals surface area contributed by atoms with Gasteiger partial charge in [-0.25, -0.2) is 15.0 Å². The van der Waals surface area contributed by atoms with Crippen LogP contribution in [0.25, 0.3) is 20.8 Å². The Labute approximate surface area is 225 Å². The van der Waals surface area contributed by atoms with Crippen molar-refractivity contribution in [2.24, 2.45) is 0 Å². The van der Waals surface area contributed by atoms with Crippen LogP contribution >= 0.6 is 11.3 Å². The highest BCUT2D eigenvalue weighted by Gasteiger charge is 2.42. The van der Waals surface area contributed by atoms with Crippen LogP contribution in [-0.4, -0.2) is 74.4 Å². The van der Waals surface area contributed by atoms with Crippen LogP contribution in [0.4, 0.5) is 17.6 Å². The summed E-state index contributed by atoms with van der Waals surface area (Å²) in [5, 5.41) is 4.38. The molecule has 7 rings (SSSR count). The molecule has 38 heavy (non-hydrogen) atoms. The number of anilines is 3. The molecule has 4 aromatic rings. The Morgan fingerprint density at radius 1 is 1.11 bits per heavy atom. The molecule has 2 atom stereocenters. The molecule has 9 nitrogen and oxygen atoms in total. The van der Waals surface area contributed by atoms with Gasteiger partial charge >= 0.3 is 0 Å². The number of hydrogen-bond donors (Lipinski definition) is 1. The fourth-order valence-corrected chi connectivity index (χ4v) is 7.05. The first-order chi connectivity index (χ1) is 18.4. The number of aryl methyl sites for hydroxylation is 1. The van der Waals surface area contributed by atoms with Crippen molar-refractivity contribution in [3.05, 3.63) is 53.3 Å². The number of nitrogens with one attached hydrogen (secondary N) is 1. The molecule has 194 valence electrons. The summed E-state index contributed by atoms with van der Waals surface area (Å²) in [5.74, 6) is 2.38. The van der Waals surface area contributed by atoms with Crippen LogP contribution in [0.3, 0.4) is 0 Å². The van der Waals surface area contributed by atoms with Gasteiger partial charge in [-0.15, -0.1) is 11.3 Å². The van der Waals surface area contributed by atoms with E-state index in [-0.39, 0.29) is 5.91 Å². The van der Waals surface area contributed by atoms with Crippen LogP contribution in [0.5, 0.6) is 0 Å². The van der Waals surface area contributed by atoms with E-state index in [2.05, 4.69) is 45.3 Å². The van der Waals surface area contributed by atoms with Crippen LogP contribution in [0, 0.1) is 6.92 Å². The summed E-state index contributed by atoms with van der Waals surface area (Å²) >= 11 is 1.66. The summed E-state index contributed by atoms with van der Waals surface area (Å²) in [4.78, 5) is 37.8. The second-order valence-electron chi connectivity index (χ2n) is 10.6. The number of likely N-dealkylation sites (tertiary alicyclic amines) is 1. The lowest BCUT2D eigenvalue weighted by Crippen LogP contribution is -2.45. The monoisotopic (exact) mass is 526 g/mol. The van der Waals surface area contributed by atoms with Gasteiger partial charge < -0.3 is 15.1 Å². The first kappa shape index (κ1) is 23.5. The first-order valence-corrected chi connectivity index (χ1v) is 14.0. The third-order valence-corrected chi connectivity index (χ3v) is 9.13. The van der Waals surface area contributed by atoms with Gasteiger partial charge in [-0.05, 0) is 37.9 Å². The van der Waals surface area contributed by atoms with E-state index in [1.54, 1.807) is 18.3 Å². The number of rotatable bonds is 4. The molecule has 6 heterocycles. The summed E-state index contributed by atoms with van der Waals surface area (Å²) in [6.45, 7) is 7.10. The molecule has 3 aromatic heterocycles. The molecule has 3 aliphatic rings. The Balaban J connectivity index is 1.15. The standard InChI is InChI=1S/C28H30N8OS/c1-16-9-26(33-28(30-16)36-15-19-10-20(36)14-34(19)3)32-25-11-23-24(12-29-25)38-27(31-23)22-6-4-5-18-13-35(17(2)37)8-7-21(18)22/h4-6,9,11-12,19-20H,7-8,10,13-15H2,1-3H3,(H,29,30,32,33)/t19-,20-/m0/s1.